The smallest absolute Gasteiger partial charge is 0.107 e. The fraction of sp³-hybridized carbons (Fsp3) is 1.00. The summed E-state index contributed by atoms with van der Waals surface area (Å²) in [6.07, 6.45) is 0.733. The summed E-state index contributed by atoms with van der Waals surface area (Å²) in [5, 5.41) is 0. The van der Waals surface area contributed by atoms with Crippen molar-refractivity contribution >= 4 is 15.9 Å². The molecule has 0 amide bonds. The Morgan fingerprint density at radius 1 is 1.22 bits per heavy atom. The first kappa shape index (κ1) is 5.11. The SMILES string of the molecule is F[C@@H]1[C@@H]2C[C@H]3[C@@H]([C@@H]2Br)[C@@H]13. The Morgan fingerprint density at radius 2 is 2.00 bits per heavy atom. The monoisotopic (exact) mass is 190 g/mol. The molecule has 4 aliphatic rings. The maximum Gasteiger partial charge on any atom is 0.107 e. The molecular formula is C7H8BrF. The van der Waals surface area contributed by atoms with Gasteiger partial charge in [0.1, 0.15) is 6.17 Å². The number of alkyl halides is 2. The van der Waals surface area contributed by atoms with E-state index in [2.05, 4.69) is 15.9 Å². The van der Waals surface area contributed by atoms with Gasteiger partial charge in [0.15, 0.2) is 0 Å². The molecule has 0 unspecified atom stereocenters. The van der Waals surface area contributed by atoms with Crippen molar-refractivity contribution in [1.29, 1.82) is 0 Å². The second kappa shape index (κ2) is 1.23. The maximum atomic E-state index is 13.0. The highest BCUT2D eigenvalue weighted by molar-refractivity contribution is 9.09. The molecule has 2 heteroatoms. The molecule has 9 heavy (non-hydrogen) atoms. The fourth-order valence-corrected chi connectivity index (χ4v) is 4.21. The van der Waals surface area contributed by atoms with E-state index in [-0.39, 0.29) is 0 Å². The molecule has 0 aromatic rings. The Labute approximate surface area is 61.9 Å². The molecule has 0 aromatic heterocycles. The molecule has 50 valence electrons. The van der Waals surface area contributed by atoms with Crippen LogP contribution in [-0.2, 0) is 0 Å². The highest BCUT2D eigenvalue weighted by atomic mass is 79.9. The minimum Gasteiger partial charge on any atom is -0.247 e. The lowest BCUT2D eigenvalue weighted by molar-refractivity contribution is 0.274. The highest BCUT2D eigenvalue weighted by Crippen LogP contribution is 2.73. The van der Waals surface area contributed by atoms with E-state index in [4.69, 9.17) is 0 Å². The number of hydrogen-bond acceptors (Lipinski definition) is 0. The van der Waals surface area contributed by atoms with E-state index in [1.54, 1.807) is 0 Å². The summed E-state index contributed by atoms with van der Waals surface area (Å²) < 4.78 is 13.0. The van der Waals surface area contributed by atoms with Gasteiger partial charge < -0.3 is 0 Å². The topological polar surface area (TPSA) is 0 Å². The minimum atomic E-state index is -0.440. The van der Waals surface area contributed by atoms with Crippen LogP contribution in [0, 0.1) is 23.7 Å². The van der Waals surface area contributed by atoms with Crippen molar-refractivity contribution in [3.63, 3.8) is 0 Å². The third-order valence-electron chi connectivity index (χ3n) is 3.39. The van der Waals surface area contributed by atoms with E-state index in [0.717, 1.165) is 11.8 Å². The quantitative estimate of drug-likeness (QED) is 0.513. The normalized spacial score (nSPS) is 75.3. The second-order valence-electron chi connectivity index (χ2n) is 3.61. The van der Waals surface area contributed by atoms with Gasteiger partial charge in [-0.05, 0) is 24.2 Å². The van der Waals surface area contributed by atoms with Gasteiger partial charge in [-0.3, -0.25) is 0 Å². The van der Waals surface area contributed by atoms with Crippen molar-refractivity contribution in [2.45, 2.75) is 17.4 Å². The Balaban J connectivity index is 2.07. The van der Waals surface area contributed by atoms with Crippen LogP contribution in [0.5, 0.6) is 0 Å². The Morgan fingerprint density at radius 3 is 2.11 bits per heavy atom. The average Bonchev–Trinajstić information content (AvgIpc) is 2.18. The predicted octanol–water partition coefficient (Wildman–Crippen LogP) is 1.98. The van der Waals surface area contributed by atoms with Gasteiger partial charge in [-0.15, -0.1) is 0 Å². The van der Waals surface area contributed by atoms with Gasteiger partial charge in [-0.2, -0.15) is 0 Å². The van der Waals surface area contributed by atoms with Crippen molar-refractivity contribution in [3.8, 4) is 0 Å². The summed E-state index contributed by atoms with van der Waals surface area (Å²) in [6, 6.07) is 0. The third kappa shape index (κ3) is 0.374. The first-order valence-electron chi connectivity index (χ1n) is 3.59. The average molecular weight is 191 g/mol. The third-order valence-corrected chi connectivity index (χ3v) is 4.68. The van der Waals surface area contributed by atoms with E-state index < -0.39 is 6.17 Å². The van der Waals surface area contributed by atoms with Gasteiger partial charge in [0.25, 0.3) is 0 Å². The van der Waals surface area contributed by atoms with Crippen LogP contribution in [0.4, 0.5) is 4.39 Å². The lowest BCUT2D eigenvalue weighted by Crippen LogP contribution is -2.10. The molecule has 0 N–H and O–H groups in total. The fourth-order valence-electron chi connectivity index (χ4n) is 2.96. The molecule has 0 aliphatic heterocycles. The van der Waals surface area contributed by atoms with Crippen LogP contribution in [0.3, 0.4) is 0 Å². The minimum absolute atomic E-state index is 0.394. The van der Waals surface area contributed by atoms with E-state index in [0.29, 0.717) is 16.7 Å². The van der Waals surface area contributed by atoms with E-state index in [1.165, 1.54) is 6.42 Å². The number of halogens is 2. The molecule has 6 atom stereocenters. The summed E-state index contributed by atoms with van der Waals surface area (Å²) in [5.41, 5.74) is 0. The maximum absolute atomic E-state index is 13.0. The largest absolute Gasteiger partial charge is 0.247 e. The van der Waals surface area contributed by atoms with Gasteiger partial charge in [-0.25, -0.2) is 4.39 Å². The zero-order valence-corrected chi connectivity index (χ0v) is 6.51. The summed E-state index contributed by atoms with van der Waals surface area (Å²) >= 11 is 3.55. The molecule has 0 radical (unpaired) electrons. The van der Waals surface area contributed by atoms with Crippen molar-refractivity contribution in [2.75, 3.05) is 0 Å². The van der Waals surface area contributed by atoms with Crippen molar-refractivity contribution in [2.24, 2.45) is 23.7 Å². The summed E-state index contributed by atoms with van der Waals surface area (Å²) in [6.45, 7) is 0. The van der Waals surface area contributed by atoms with E-state index in [1.807, 2.05) is 0 Å². The van der Waals surface area contributed by atoms with E-state index >= 15 is 0 Å². The van der Waals surface area contributed by atoms with Crippen LogP contribution < -0.4 is 0 Å². The molecule has 4 aliphatic carbocycles. The zero-order valence-electron chi connectivity index (χ0n) is 4.93. The summed E-state index contributed by atoms with van der Waals surface area (Å²) in [4.78, 5) is 0.544. The second-order valence-corrected chi connectivity index (χ2v) is 4.66. The molecule has 0 heterocycles. The zero-order chi connectivity index (χ0) is 6.17. The van der Waals surface area contributed by atoms with Gasteiger partial charge in [0, 0.05) is 10.7 Å². The predicted molar refractivity (Wildman–Crippen MR) is 36.2 cm³/mol. The van der Waals surface area contributed by atoms with Crippen LogP contribution >= 0.6 is 15.9 Å². The molecule has 0 nitrogen and oxygen atoms in total. The lowest BCUT2D eigenvalue weighted by atomic mass is 10.1. The highest BCUT2D eigenvalue weighted by Gasteiger charge is 2.73. The molecule has 0 spiro atoms. The number of hydrogen-bond donors (Lipinski definition) is 0. The molecule has 0 saturated heterocycles. The Kier molecular flexibility index (Phi) is 0.696. The van der Waals surface area contributed by atoms with Crippen molar-refractivity contribution in [1.82, 2.24) is 0 Å². The van der Waals surface area contributed by atoms with Crippen molar-refractivity contribution < 1.29 is 4.39 Å². The summed E-state index contributed by atoms with van der Waals surface area (Å²) in [5.74, 6) is 2.41. The summed E-state index contributed by atoms with van der Waals surface area (Å²) in [7, 11) is 0. The first-order valence-corrected chi connectivity index (χ1v) is 4.50. The van der Waals surface area contributed by atoms with Crippen molar-refractivity contribution in [3.05, 3.63) is 0 Å². The van der Waals surface area contributed by atoms with E-state index in [9.17, 15) is 4.39 Å². The molecule has 4 bridgehead atoms. The standard InChI is InChI=1S/C7H8BrF/c8-6-3-1-2-4(6)5(2)7(3)9/h2-7H,1H2/t2-,3+,4+,5-,6+,7+/m0/s1. The van der Waals surface area contributed by atoms with Crippen LogP contribution in [-0.4, -0.2) is 11.0 Å². The van der Waals surface area contributed by atoms with Crippen LogP contribution in [0.25, 0.3) is 0 Å². The van der Waals surface area contributed by atoms with Crippen LogP contribution in [0.2, 0.25) is 0 Å². The molecule has 4 rings (SSSR count). The van der Waals surface area contributed by atoms with Gasteiger partial charge in [0.05, 0.1) is 0 Å². The van der Waals surface area contributed by atoms with Gasteiger partial charge >= 0.3 is 0 Å². The Hall–Kier alpha value is 0.410. The van der Waals surface area contributed by atoms with Gasteiger partial charge in [-0.1, -0.05) is 15.9 Å². The first-order chi connectivity index (χ1) is 4.30. The van der Waals surface area contributed by atoms with Gasteiger partial charge in [0.2, 0.25) is 0 Å². The van der Waals surface area contributed by atoms with Crippen LogP contribution in [0.1, 0.15) is 6.42 Å². The van der Waals surface area contributed by atoms with Crippen LogP contribution in [0.15, 0.2) is 0 Å². The molecule has 0 aromatic carbocycles. The molecule has 4 fully saturated rings. The lowest BCUT2D eigenvalue weighted by Gasteiger charge is -2.06. The number of rotatable bonds is 0. The molecular weight excluding hydrogens is 183 g/mol. The molecule has 4 saturated carbocycles. The Bertz CT molecular complexity index is 150.